The Morgan fingerprint density at radius 2 is 2.03 bits per heavy atom. The fourth-order valence-electron chi connectivity index (χ4n) is 4.17. The molecule has 1 N–H and O–H groups in total. The number of likely N-dealkylation sites (tertiary alicyclic amines) is 1. The number of hydrogen-bond donors (Lipinski definition) is 1. The van der Waals surface area contributed by atoms with Crippen LogP contribution in [0.1, 0.15) is 49.6 Å². The second kappa shape index (κ2) is 9.36. The Labute approximate surface area is 182 Å². The highest BCUT2D eigenvalue weighted by Gasteiger charge is 2.24. The number of fused-ring (bicyclic) bond motifs is 1. The van der Waals surface area contributed by atoms with Crippen LogP contribution in [0.25, 0.3) is 11.0 Å². The Balaban J connectivity index is 1.41. The number of imidazole rings is 1. The molecule has 2 heterocycles. The summed E-state index contributed by atoms with van der Waals surface area (Å²) in [5, 5.41) is 0.760. The van der Waals surface area contributed by atoms with Crippen LogP contribution in [-0.2, 0) is 13.2 Å². The van der Waals surface area contributed by atoms with Crippen molar-refractivity contribution in [2.24, 2.45) is 5.92 Å². The Morgan fingerprint density at radius 3 is 2.77 bits per heavy atom. The molecule has 1 saturated heterocycles. The Morgan fingerprint density at radius 1 is 1.23 bits per heavy atom. The monoisotopic (exact) mass is 429 g/mol. The minimum Gasteiger partial charge on any atom is -0.493 e. The Kier molecular flexibility index (Phi) is 6.59. The molecule has 0 aliphatic carbocycles. The smallest absolute Gasteiger partial charge is 0.122 e. The summed E-state index contributed by atoms with van der Waals surface area (Å²) in [5.41, 5.74) is 3.51. The minimum atomic E-state index is -0.492. The number of rotatable bonds is 7. The number of nitrogens with one attached hydrogen (secondary N) is 1. The largest absolute Gasteiger partial charge is 0.493 e. The fraction of sp³-hybridized carbons (Fsp3) is 0.458. The topological polar surface area (TPSA) is 41.1 Å². The maximum Gasteiger partial charge on any atom is 0.122 e. The standard InChI is InChI=1S/C24H29ClFN3O/c1-16(2)15-30-22-7-6-19(25)12-20(22)17-8-10-29(11-9-17)14-23-27-21-5-3-4-18(13-26)24(21)28-23/h3-7,12,16-17H,8-11,13-15H2,1-2H3,(H,27,28). The molecule has 4 rings (SSSR count). The summed E-state index contributed by atoms with van der Waals surface area (Å²) in [7, 11) is 0. The van der Waals surface area contributed by atoms with Crippen molar-refractivity contribution in [3.05, 3.63) is 58.4 Å². The third-order valence-corrected chi connectivity index (χ3v) is 5.97. The van der Waals surface area contributed by atoms with E-state index in [1.165, 1.54) is 5.56 Å². The average molecular weight is 430 g/mol. The van der Waals surface area contributed by atoms with Crippen LogP contribution in [0.15, 0.2) is 36.4 Å². The quantitative estimate of drug-likeness (QED) is 0.493. The summed E-state index contributed by atoms with van der Waals surface area (Å²) in [4.78, 5) is 10.4. The number of halogens is 2. The molecule has 1 aliphatic heterocycles. The van der Waals surface area contributed by atoms with E-state index in [1.807, 2.05) is 24.3 Å². The van der Waals surface area contributed by atoms with Gasteiger partial charge >= 0.3 is 0 Å². The first kappa shape index (κ1) is 21.1. The van der Waals surface area contributed by atoms with E-state index in [0.29, 0.717) is 24.0 Å². The van der Waals surface area contributed by atoms with Crippen molar-refractivity contribution in [3.63, 3.8) is 0 Å². The zero-order valence-electron chi connectivity index (χ0n) is 17.6. The van der Waals surface area contributed by atoms with E-state index in [4.69, 9.17) is 16.3 Å². The highest BCUT2D eigenvalue weighted by atomic mass is 35.5. The predicted octanol–water partition coefficient (Wildman–Crippen LogP) is 6.10. The molecule has 1 fully saturated rings. The normalized spacial score (nSPS) is 15.9. The van der Waals surface area contributed by atoms with Crippen LogP contribution < -0.4 is 4.74 Å². The first-order valence-corrected chi connectivity index (χ1v) is 11.1. The lowest BCUT2D eigenvalue weighted by atomic mass is 9.88. The number of para-hydroxylation sites is 1. The van der Waals surface area contributed by atoms with E-state index in [1.54, 1.807) is 6.07 Å². The number of aromatic amines is 1. The number of H-pyrrole nitrogens is 1. The SMILES string of the molecule is CC(C)COc1ccc(Cl)cc1C1CCN(Cc2nc3c(CF)cccc3[nH]2)CC1. The molecule has 1 aromatic heterocycles. The van der Waals surface area contributed by atoms with E-state index in [-0.39, 0.29) is 0 Å². The number of piperidine rings is 1. The van der Waals surface area contributed by atoms with Crippen molar-refractivity contribution in [2.45, 2.75) is 45.8 Å². The van der Waals surface area contributed by atoms with Gasteiger partial charge in [0.15, 0.2) is 0 Å². The van der Waals surface area contributed by atoms with Gasteiger partial charge in [-0.1, -0.05) is 37.6 Å². The van der Waals surface area contributed by atoms with Gasteiger partial charge in [-0.15, -0.1) is 0 Å². The van der Waals surface area contributed by atoms with Crippen molar-refractivity contribution >= 4 is 22.6 Å². The fourth-order valence-corrected chi connectivity index (χ4v) is 4.35. The molecule has 160 valence electrons. The van der Waals surface area contributed by atoms with Crippen molar-refractivity contribution < 1.29 is 9.13 Å². The minimum absolute atomic E-state index is 0.441. The summed E-state index contributed by atoms with van der Waals surface area (Å²) in [6.45, 7) is 7.24. The van der Waals surface area contributed by atoms with Gasteiger partial charge < -0.3 is 9.72 Å². The van der Waals surface area contributed by atoms with Crippen LogP contribution in [0.4, 0.5) is 4.39 Å². The molecule has 1 aliphatic rings. The molecule has 0 bridgehead atoms. The highest BCUT2D eigenvalue weighted by Crippen LogP contribution is 2.36. The second-order valence-corrected chi connectivity index (χ2v) is 9.00. The molecular formula is C24H29ClFN3O. The lowest BCUT2D eigenvalue weighted by Crippen LogP contribution is -2.33. The molecule has 0 radical (unpaired) electrons. The second-order valence-electron chi connectivity index (χ2n) is 8.57. The molecular weight excluding hydrogens is 401 g/mol. The van der Waals surface area contributed by atoms with Crippen molar-refractivity contribution in [1.82, 2.24) is 14.9 Å². The van der Waals surface area contributed by atoms with Crippen LogP contribution in [0.2, 0.25) is 5.02 Å². The van der Waals surface area contributed by atoms with Crippen LogP contribution in [0, 0.1) is 5.92 Å². The molecule has 0 spiro atoms. The summed E-state index contributed by atoms with van der Waals surface area (Å²) in [6.07, 6.45) is 2.10. The van der Waals surface area contributed by atoms with Crippen LogP contribution in [0.3, 0.4) is 0 Å². The zero-order chi connectivity index (χ0) is 21.1. The maximum absolute atomic E-state index is 13.2. The molecule has 30 heavy (non-hydrogen) atoms. The maximum atomic E-state index is 13.2. The van der Waals surface area contributed by atoms with Gasteiger partial charge in [0.25, 0.3) is 0 Å². The van der Waals surface area contributed by atoms with Crippen LogP contribution >= 0.6 is 11.6 Å². The van der Waals surface area contributed by atoms with Gasteiger partial charge in [-0.05, 0) is 67.6 Å². The van der Waals surface area contributed by atoms with E-state index in [2.05, 4.69) is 34.8 Å². The third kappa shape index (κ3) is 4.79. The molecule has 6 heteroatoms. The summed E-state index contributed by atoms with van der Waals surface area (Å²) < 4.78 is 19.3. The molecule has 0 atom stereocenters. The zero-order valence-corrected chi connectivity index (χ0v) is 18.4. The van der Waals surface area contributed by atoms with Crippen LogP contribution in [0.5, 0.6) is 5.75 Å². The molecule has 0 unspecified atom stereocenters. The lowest BCUT2D eigenvalue weighted by Gasteiger charge is -2.32. The number of aromatic nitrogens is 2. The lowest BCUT2D eigenvalue weighted by molar-refractivity contribution is 0.197. The number of nitrogens with zero attached hydrogens (tertiary/aromatic N) is 2. The van der Waals surface area contributed by atoms with Crippen molar-refractivity contribution in [1.29, 1.82) is 0 Å². The van der Waals surface area contributed by atoms with Gasteiger partial charge in [-0.25, -0.2) is 9.37 Å². The molecule has 3 aromatic rings. The predicted molar refractivity (Wildman–Crippen MR) is 120 cm³/mol. The first-order valence-electron chi connectivity index (χ1n) is 10.7. The van der Waals surface area contributed by atoms with Gasteiger partial charge in [-0.3, -0.25) is 4.90 Å². The molecule has 0 saturated carbocycles. The number of ether oxygens (including phenoxy) is 1. The average Bonchev–Trinajstić information content (AvgIpc) is 3.15. The number of alkyl halides is 1. The van der Waals surface area contributed by atoms with E-state index < -0.39 is 6.67 Å². The number of hydrogen-bond acceptors (Lipinski definition) is 3. The van der Waals surface area contributed by atoms with Gasteiger partial charge in [0.1, 0.15) is 18.2 Å². The number of benzene rings is 2. The van der Waals surface area contributed by atoms with Crippen molar-refractivity contribution in [2.75, 3.05) is 19.7 Å². The van der Waals surface area contributed by atoms with E-state index >= 15 is 0 Å². The molecule has 4 nitrogen and oxygen atoms in total. The van der Waals surface area contributed by atoms with E-state index in [9.17, 15) is 4.39 Å². The van der Waals surface area contributed by atoms with Gasteiger partial charge in [0.05, 0.1) is 24.2 Å². The first-order chi connectivity index (χ1) is 14.5. The summed E-state index contributed by atoms with van der Waals surface area (Å²) in [5.74, 6) is 2.78. The van der Waals surface area contributed by atoms with E-state index in [0.717, 1.165) is 60.1 Å². The summed E-state index contributed by atoms with van der Waals surface area (Å²) in [6, 6.07) is 11.6. The van der Waals surface area contributed by atoms with Gasteiger partial charge in [0, 0.05) is 10.6 Å². The molecule has 2 aromatic carbocycles. The van der Waals surface area contributed by atoms with Crippen LogP contribution in [-0.4, -0.2) is 34.6 Å². The van der Waals surface area contributed by atoms with Gasteiger partial charge in [0.2, 0.25) is 0 Å². The highest BCUT2D eigenvalue weighted by molar-refractivity contribution is 6.30. The van der Waals surface area contributed by atoms with Crippen molar-refractivity contribution in [3.8, 4) is 5.75 Å². The Hall–Kier alpha value is -2.11. The van der Waals surface area contributed by atoms with Gasteiger partial charge in [-0.2, -0.15) is 0 Å². The Bertz CT molecular complexity index is 995. The molecule has 0 amide bonds. The summed E-state index contributed by atoms with van der Waals surface area (Å²) >= 11 is 6.29. The third-order valence-electron chi connectivity index (χ3n) is 5.73.